The summed E-state index contributed by atoms with van der Waals surface area (Å²) in [7, 11) is 1.98. The van der Waals surface area contributed by atoms with Gasteiger partial charge in [0.2, 0.25) is 0 Å². The Morgan fingerprint density at radius 1 is 1.06 bits per heavy atom. The van der Waals surface area contributed by atoms with Gasteiger partial charge in [0, 0.05) is 35.8 Å². The molecule has 3 aromatic rings. The highest BCUT2D eigenvalue weighted by Crippen LogP contribution is 2.29. The van der Waals surface area contributed by atoms with Crippen molar-refractivity contribution in [3.63, 3.8) is 0 Å². The van der Waals surface area contributed by atoms with Gasteiger partial charge in [-0.25, -0.2) is 9.97 Å². The molecule has 0 aliphatic rings. The summed E-state index contributed by atoms with van der Waals surface area (Å²) in [6.07, 6.45) is 1.98. The van der Waals surface area contributed by atoms with Crippen molar-refractivity contribution in [1.82, 2.24) is 14.5 Å². The molecule has 2 aromatic heterocycles. The molecule has 2 heterocycles. The average molecular weight is 278 g/mol. The molecular formula is C13H9Cl2N3. The number of hydrogen-bond acceptors (Lipinski definition) is 2. The number of aryl methyl sites for hydroxylation is 1. The van der Waals surface area contributed by atoms with E-state index in [1.807, 2.05) is 42.1 Å². The van der Waals surface area contributed by atoms with Crippen LogP contribution in [0.1, 0.15) is 0 Å². The smallest absolute Gasteiger partial charge is 0.164 e. The molecule has 0 atom stereocenters. The predicted molar refractivity (Wildman–Crippen MR) is 74.0 cm³/mol. The van der Waals surface area contributed by atoms with Gasteiger partial charge in [-0.2, -0.15) is 0 Å². The molecule has 0 N–H and O–H groups in total. The lowest BCUT2D eigenvalue weighted by atomic mass is 10.1. The van der Waals surface area contributed by atoms with E-state index in [9.17, 15) is 0 Å². The zero-order chi connectivity index (χ0) is 12.7. The minimum Gasteiger partial charge on any atom is -0.350 e. The third-order valence-electron chi connectivity index (χ3n) is 2.80. The van der Waals surface area contributed by atoms with E-state index in [-0.39, 0.29) is 0 Å². The van der Waals surface area contributed by atoms with E-state index >= 15 is 0 Å². The lowest BCUT2D eigenvalue weighted by Gasteiger charge is -1.99. The van der Waals surface area contributed by atoms with Crippen molar-refractivity contribution in [3.05, 3.63) is 46.8 Å². The van der Waals surface area contributed by atoms with Gasteiger partial charge in [-0.1, -0.05) is 41.4 Å². The lowest BCUT2D eigenvalue weighted by Crippen LogP contribution is -1.89. The number of rotatable bonds is 1. The van der Waals surface area contributed by atoms with Gasteiger partial charge in [0.1, 0.15) is 10.3 Å². The molecule has 3 rings (SSSR count). The summed E-state index contributed by atoms with van der Waals surface area (Å²) in [6, 6.07) is 9.58. The topological polar surface area (TPSA) is 30.7 Å². The Labute approximate surface area is 114 Å². The van der Waals surface area contributed by atoms with Gasteiger partial charge in [-0.05, 0) is 6.07 Å². The fourth-order valence-corrected chi connectivity index (χ4v) is 2.45. The molecule has 0 saturated carbocycles. The third-order valence-corrected chi connectivity index (χ3v) is 3.19. The van der Waals surface area contributed by atoms with Crippen LogP contribution in [-0.4, -0.2) is 14.5 Å². The van der Waals surface area contributed by atoms with E-state index in [1.54, 1.807) is 0 Å². The SMILES string of the molecule is Cn1cc(-c2nc(Cl)cc(Cl)n2)c2ccccc21. The Hall–Kier alpha value is -1.58. The van der Waals surface area contributed by atoms with E-state index < -0.39 is 0 Å². The largest absolute Gasteiger partial charge is 0.350 e. The van der Waals surface area contributed by atoms with E-state index in [2.05, 4.69) is 9.97 Å². The molecule has 0 saturated heterocycles. The van der Waals surface area contributed by atoms with E-state index in [4.69, 9.17) is 23.2 Å². The molecular weight excluding hydrogens is 269 g/mol. The molecule has 0 aliphatic carbocycles. The zero-order valence-electron chi connectivity index (χ0n) is 9.56. The minimum absolute atomic E-state index is 0.345. The Bertz CT molecular complexity index is 714. The first-order chi connectivity index (χ1) is 8.65. The van der Waals surface area contributed by atoms with Crippen molar-refractivity contribution < 1.29 is 0 Å². The van der Waals surface area contributed by atoms with Gasteiger partial charge in [0.25, 0.3) is 0 Å². The van der Waals surface area contributed by atoms with Crippen molar-refractivity contribution in [1.29, 1.82) is 0 Å². The number of fused-ring (bicyclic) bond motifs is 1. The van der Waals surface area contributed by atoms with Crippen LogP contribution in [0.25, 0.3) is 22.3 Å². The minimum atomic E-state index is 0.345. The summed E-state index contributed by atoms with van der Waals surface area (Å²) >= 11 is 11.8. The van der Waals surface area contributed by atoms with Crippen LogP contribution in [0.15, 0.2) is 36.5 Å². The van der Waals surface area contributed by atoms with Crippen molar-refractivity contribution in [2.75, 3.05) is 0 Å². The number of aromatic nitrogens is 3. The summed E-state index contributed by atoms with van der Waals surface area (Å²) in [5.74, 6) is 0.546. The van der Waals surface area contributed by atoms with Gasteiger partial charge in [-0.15, -0.1) is 0 Å². The summed E-state index contributed by atoms with van der Waals surface area (Å²) in [5.41, 5.74) is 2.05. The van der Waals surface area contributed by atoms with Crippen LogP contribution in [0.4, 0.5) is 0 Å². The Morgan fingerprint density at radius 3 is 2.44 bits per heavy atom. The molecule has 0 amide bonds. The Morgan fingerprint density at radius 2 is 1.72 bits per heavy atom. The number of nitrogens with zero attached hydrogens (tertiary/aromatic N) is 3. The van der Waals surface area contributed by atoms with Crippen LogP contribution in [0, 0.1) is 0 Å². The summed E-state index contributed by atoms with van der Waals surface area (Å²) in [4.78, 5) is 8.45. The fraction of sp³-hybridized carbons (Fsp3) is 0.0769. The van der Waals surface area contributed by atoms with Crippen LogP contribution in [0.2, 0.25) is 10.3 Å². The van der Waals surface area contributed by atoms with Crippen molar-refractivity contribution in [3.8, 4) is 11.4 Å². The summed E-state index contributed by atoms with van der Waals surface area (Å²) in [6.45, 7) is 0. The van der Waals surface area contributed by atoms with Crippen molar-refractivity contribution in [2.45, 2.75) is 0 Å². The fourth-order valence-electron chi connectivity index (χ4n) is 2.03. The maximum absolute atomic E-state index is 5.92. The van der Waals surface area contributed by atoms with Gasteiger partial charge in [0.15, 0.2) is 5.82 Å². The highest BCUT2D eigenvalue weighted by Gasteiger charge is 2.11. The molecule has 0 unspecified atom stereocenters. The van der Waals surface area contributed by atoms with Gasteiger partial charge in [-0.3, -0.25) is 0 Å². The van der Waals surface area contributed by atoms with Gasteiger partial charge in [0.05, 0.1) is 0 Å². The van der Waals surface area contributed by atoms with Crippen LogP contribution in [0.3, 0.4) is 0 Å². The number of halogens is 2. The Balaban J connectivity index is 2.31. The molecule has 0 spiro atoms. The first kappa shape index (κ1) is 11.5. The first-order valence-electron chi connectivity index (χ1n) is 5.39. The number of benzene rings is 1. The second-order valence-corrected chi connectivity index (χ2v) is 4.78. The lowest BCUT2D eigenvalue weighted by molar-refractivity contribution is 0.968. The van der Waals surface area contributed by atoms with Gasteiger partial charge < -0.3 is 4.57 Å². The molecule has 18 heavy (non-hydrogen) atoms. The molecule has 0 bridgehead atoms. The maximum Gasteiger partial charge on any atom is 0.164 e. The molecule has 1 aromatic carbocycles. The maximum atomic E-state index is 5.92. The highest BCUT2D eigenvalue weighted by atomic mass is 35.5. The normalized spacial score (nSPS) is 11.1. The molecule has 5 heteroatoms. The first-order valence-corrected chi connectivity index (χ1v) is 6.15. The van der Waals surface area contributed by atoms with Crippen molar-refractivity contribution >= 4 is 34.1 Å². The second kappa shape index (κ2) is 4.26. The molecule has 0 aliphatic heterocycles. The van der Waals surface area contributed by atoms with Crippen LogP contribution in [-0.2, 0) is 7.05 Å². The van der Waals surface area contributed by atoms with Crippen molar-refractivity contribution in [2.24, 2.45) is 7.05 Å². The van der Waals surface area contributed by atoms with Crippen LogP contribution in [0.5, 0.6) is 0 Å². The quantitative estimate of drug-likeness (QED) is 0.631. The molecule has 0 fully saturated rings. The van der Waals surface area contributed by atoms with E-state index in [0.717, 1.165) is 16.5 Å². The summed E-state index contributed by atoms with van der Waals surface area (Å²) in [5, 5.41) is 1.77. The zero-order valence-corrected chi connectivity index (χ0v) is 11.1. The molecule has 3 nitrogen and oxygen atoms in total. The second-order valence-electron chi connectivity index (χ2n) is 4.01. The monoisotopic (exact) mass is 277 g/mol. The third kappa shape index (κ3) is 1.85. The predicted octanol–water partition coefficient (Wildman–Crippen LogP) is 3.94. The standard InChI is InChI=1S/C13H9Cl2N3/c1-18-7-9(8-4-2-3-5-10(8)18)13-16-11(14)6-12(15)17-13/h2-7H,1H3. The molecule has 0 radical (unpaired) electrons. The van der Waals surface area contributed by atoms with E-state index in [1.165, 1.54) is 6.07 Å². The highest BCUT2D eigenvalue weighted by molar-refractivity contribution is 6.33. The van der Waals surface area contributed by atoms with Crippen LogP contribution < -0.4 is 0 Å². The number of hydrogen-bond donors (Lipinski definition) is 0. The Kier molecular flexibility index (Phi) is 2.73. The summed E-state index contributed by atoms with van der Waals surface area (Å²) < 4.78 is 2.03. The van der Waals surface area contributed by atoms with Gasteiger partial charge >= 0.3 is 0 Å². The number of para-hydroxylation sites is 1. The average Bonchev–Trinajstić information content (AvgIpc) is 2.66. The molecule has 90 valence electrons. The van der Waals surface area contributed by atoms with Crippen LogP contribution >= 0.6 is 23.2 Å². The van der Waals surface area contributed by atoms with E-state index in [0.29, 0.717) is 16.1 Å².